The molecule has 0 amide bonds. The number of nitrogens with two attached hydrogens (primary N) is 2. The van der Waals surface area contributed by atoms with Gasteiger partial charge >= 0.3 is 0 Å². The van der Waals surface area contributed by atoms with Crippen LogP contribution < -0.4 is 17.0 Å². The molecule has 4 N–H and O–H groups in total. The molecule has 22 heavy (non-hydrogen) atoms. The first-order chi connectivity index (χ1) is 10.4. The molecule has 0 fully saturated rings. The van der Waals surface area contributed by atoms with Gasteiger partial charge in [-0.3, -0.25) is 4.79 Å². The van der Waals surface area contributed by atoms with Crippen LogP contribution in [-0.4, -0.2) is 9.55 Å². The fraction of sp³-hybridized carbons (Fsp3) is 0.125. The van der Waals surface area contributed by atoms with Gasteiger partial charge in [0.2, 0.25) is 0 Å². The van der Waals surface area contributed by atoms with Crippen molar-refractivity contribution in [2.45, 2.75) is 6.92 Å². The molecular weight excluding hydrogens is 283 g/mol. The number of nitrogens with zero attached hydrogens (tertiary/aromatic N) is 2. The van der Waals surface area contributed by atoms with Crippen molar-refractivity contribution in [1.29, 1.82) is 0 Å². The van der Waals surface area contributed by atoms with Gasteiger partial charge in [-0.05, 0) is 36.2 Å². The maximum Gasteiger partial charge on any atom is 0.258 e. The third-order valence-electron chi connectivity index (χ3n) is 3.76. The highest BCUT2D eigenvalue weighted by atomic mass is 19.1. The first kappa shape index (κ1) is 14.1. The van der Waals surface area contributed by atoms with Gasteiger partial charge in [-0.25, -0.2) is 9.37 Å². The third-order valence-corrected chi connectivity index (χ3v) is 3.76. The maximum absolute atomic E-state index is 13.5. The Morgan fingerprint density at radius 2 is 1.86 bits per heavy atom. The molecule has 2 aromatic heterocycles. The summed E-state index contributed by atoms with van der Waals surface area (Å²) in [5, 5.41) is 0.772. The van der Waals surface area contributed by atoms with E-state index in [-0.39, 0.29) is 11.2 Å². The molecule has 0 saturated carbocycles. The van der Waals surface area contributed by atoms with Crippen molar-refractivity contribution in [2.75, 3.05) is 11.5 Å². The van der Waals surface area contributed by atoms with E-state index < -0.39 is 5.82 Å². The summed E-state index contributed by atoms with van der Waals surface area (Å²) >= 11 is 0. The Kier molecular flexibility index (Phi) is 3.09. The standard InChI is InChI=1S/C16H15FN4O/c1-8-3-12(17)13(18)5-10(8)11-4-9-7-20-15(19)6-14(9)21(2)16(11)22/h3-7H,18H2,1-2H3,(H2,19,20). The molecule has 2 heterocycles. The Bertz CT molecular complexity index is 962. The minimum Gasteiger partial charge on any atom is -0.396 e. The number of hydrogen-bond donors (Lipinski definition) is 2. The molecule has 0 atom stereocenters. The average Bonchev–Trinajstić information content (AvgIpc) is 2.47. The molecule has 0 unspecified atom stereocenters. The second kappa shape index (κ2) is 4.84. The zero-order valence-electron chi connectivity index (χ0n) is 12.2. The highest BCUT2D eigenvalue weighted by molar-refractivity contribution is 5.86. The van der Waals surface area contributed by atoms with Crippen LogP contribution in [0.3, 0.4) is 0 Å². The van der Waals surface area contributed by atoms with Gasteiger partial charge in [0.05, 0.1) is 11.2 Å². The number of hydrogen-bond acceptors (Lipinski definition) is 4. The van der Waals surface area contributed by atoms with E-state index in [9.17, 15) is 9.18 Å². The summed E-state index contributed by atoms with van der Waals surface area (Å²) in [6.07, 6.45) is 1.61. The van der Waals surface area contributed by atoms with Crippen LogP contribution in [0.1, 0.15) is 5.56 Å². The lowest BCUT2D eigenvalue weighted by Gasteiger charge is -2.12. The normalized spacial score (nSPS) is 11.0. The molecular formula is C16H15FN4O. The summed E-state index contributed by atoms with van der Waals surface area (Å²) in [5.74, 6) is -0.147. The predicted molar refractivity (Wildman–Crippen MR) is 85.9 cm³/mol. The molecule has 6 heteroatoms. The van der Waals surface area contributed by atoms with Crippen molar-refractivity contribution < 1.29 is 4.39 Å². The second-order valence-corrected chi connectivity index (χ2v) is 5.28. The van der Waals surface area contributed by atoms with Crippen molar-refractivity contribution in [1.82, 2.24) is 9.55 Å². The van der Waals surface area contributed by atoms with E-state index in [2.05, 4.69) is 4.98 Å². The van der Waals surface area contributed by atoms with Gasteiger partial charge in [-0.15, -0.1) is 0 Å². The van der Waals surface area contributed by atoms with Gasteiger partial charge in [0.25, 0.3) is 5.56 Å². The zero-order valence-corrected chi connectivity index (χ0v) is 12.2. The van der Waals surface area contributed by atoms with Crippen molar-refractivity contribution in [3.05, 3.63) is 52.2 Å². The molecule has 3 aromatic rings. The molecule has 0 saturated heterocycles. The van der Waals surface area contributed by atoms with Crippen molar-refractivity contribution in [3.63, 3.8) is 0 Å². The number of rotatable bonds is 1. The van der Waals surface area contributed by atoms with E-state index in [1.807, 2.05) is 0 Å². The fourth-order valence-corrected chi connectivity index (χ4v) is 2.55. The van der Waals surface area contributed by atoms with Crippen LogP contribution in [0.15, 0.2) is 35.3 Å². The van der Waals surface area contributed by atoms with Gasteiger partial charge < -0.3 is 16.0 Å². The van der Waals surface area contributed by atoms with E-state index in [0.717, 1.165) is 5.39 Å². The number of fused-ring (bicyclic) bond motifs is 1. The van der Waals surface area contributed by atoms with E-state index in [1.165, 1.54) is 16.7 Å². The summed E-state index contributed by atoms with van der Waals surface area (Å²) in [6, 6.07) is 6.18. The molecule has 112 valence electrons. The van der Waals surface area contributed by atoms with Crippen LogP contribution in [0, 0.1) is 12.7 Å². The second-order valence-electron chi connectivity index (χ2n) is 5.28. The SMILES string of the molecule is Cc1cc(F)c(N)cc1-c1cc2cnc(N)cc2n(C)c1=O. The summed E-state index contributed by atoms with van der Waals surface area (Å²) in [4.78, 5) is 16.7. The molecule has 0 bridgehead atoms. The lowest BCUT2D eigenvalue weighted by atomic mass is 9.99. The number of anilines is 2. The van der Waals surface area contributed by atoms with Crippen molar-refractivity contribution in [3.8, 4) is 11.1 Å². The third kappa shape index (κ3) is 2.09. The average molecular weight is 298 g/mol. The first-order valence-corrected chi connectivity index (χ1v) is 6.69. The predicted octanol–water partition coefficient (Wildman–Crippen LogP) is 2.21. The summed E-state index contributed by atoms with van der Waals surface area (Å²) < 4.78 is 15.0. The maximum atomic E-state index is 13.5. The molecule has 1 aromatic carbocycles. The fourth-order valence-electron chi connectivity index (χ4n) is 2.55. The van der Waals surface area contributed by atoms with Gasteiger partial charge in [0.15, 0.2) is 0 Å². The van der Waals surface area contributed by atoms with Crippen LogP contribution in [0.25, 0.3) is 22.0 Å². The zero-order chi connectivity index (χ0) is 16.0. The number of aryl methyl sites for hydroxylation is 2. The molecule has 5 nitrogen and oxygen atoms in total. The van der Waals surface area contributed by atoms with Crippen molar-refractivity contribution >= 4 is 22.4 Å². The molecule has 0 aliphatic rings. The van der Waals surface area contributed by atoms with Gasteiger partial charge in [0.1, 0.15) is 11.6 Å². The quantitative estimate of drug-likeness (QED) is 0.674. The van der Waals surface area contributed by atoms with Crippen molar-refractivity contribution in [2.24, 2.45) is 7.05 Å². The number of nitrogen functional groups attached to an aromatic ring is 2. The van der Waals surface area contributed by atoms with Crippen LogP contribution in [-0.2, 0) is 7.05 Å². The summed E-state index contributed by atoms with van der Waals surface area (Å²) in [7, 11) is 1.66. The lowest BCUT2D eigenvalue weighted by molar-refractivity contribution is 0.631. The van der Waals surface area contributed by atoms with Gasteiger partial charge in [-0.1, -0.05) is 0 Å². The minimum atomic E-state index is -0.492. The van der Waals surface area contributed by atoms with E-state index >= 15 is 0 Å². The molecule has 0 aliphatic heterocycles. The molecule has 0 aliphatic carbocycles. The van der Waals surface area contributed by atoms with Crippen LogP contribution >= 0.6 is 0 Å². The van der Waals surface area contributed by atoms with E-state index in [1.54, 1.807) is 32.3 Å². The Hall–Kier alpha value is -2.89. The Labute approximate surface area is 126 Å². The highest BCUT2D eigenvalue weighted by Gasteiger charge is 2.13. The Morgan fingerprint density at radius 1 is 1.14 bits per heavy atom. The van der Waals surface area contributed by atoms with E-state index in [4.69, 9.17) is 11.5 Å². The monoisotopic (exact) mass is 298 g/mol. The van der Waals surface area contributed by atoms with Crippen LogP contribution in [0.5, 0.6) is 0 Å². The largest absolute Gasteiger partial charge is 0.396 e. The summed E-state index contributed by atoms with van der Waals surface area (Å²) in [5.41, 5.74) is 13.5. The molecule has 0 spiro atoms. The molecule has 0 radical (unpaired) electrons. The van der Waals surface area contributed by atoms with Crippen LogP contribution in [0.2, 0.25) is 0 Å². The lowest BCUT2D eigenvalue weighted by Crippen LogP contribution is -2.19. The topological polar surface area (TPSA) is 86.9 Å². The number of halogens is 1. The Morgan fingerprint density at radius 3 is 2.59 bits per heavy atom. The molecule has 3 rings (SSSR count). The smallest absolute Gasteiger partial charge is 0.258 e. The van der Waals surface area contributed by atoms with E-state index in [0.29, 0.717) is 28.0 Å². The number of aromatic nitrogens is 2. The number of benzene rings is 1. The van der Waals surface area contributed by atoms with Gasteiger partial charge in [0, 0.05) is 30.3 Å². The minimum absolute atomic E-state index is 0.0122. The van der Waals surface area contributed by atoms with Gasteiger partial charge in [-0.2, -0.15) is 0 Å². The Balaban J connectivity index is 2.38. The first-order valence-electron chi connectivity index (χ1n) is 6.69. The number of pyridine rings is 2. The van der Waals surface area contributed by atoms with Crippen LogP contribution in [0.4, 0.5) is 15.9 Å². The highest BCUT2D eigenvalue weighted by Crippen LogP contribution is 2.27. The summed E-state index contributed by atoms with van der Waals surface area (Å²) in [6.45, 7) is 1.74.